The van der Waals surface area contributed by atoms with Gasteiger partial charge in [-0.2, -0.15) is 5.10 Å². The molecule has 0 atom stereocenters. The Morgan fingerprint density at radius 3 is 2.41 bits per heavy atom. The number of hydrogen-bond donors (Lipinski definition) is 4. The maximum Gasteiger partial charge on any atom is 0.269 e. The van der Waals surface area contributed by atoms with Crippen LogP contribution in [0.15, 0.2) is 36.5 Å². The van der Waals surface area contributed by atoms with E-state index in [0.717, 1.165) is 13.1 Å². The number of H-pyrrole nitrogens is 1. The molecule has 2 aromatic heterocycles. The topological polar surface area (TPSA) is 141 Å². The lowest BCUT2D eigenvalue weighted by Gasteiger charge is -2.26. The van der Waals surface area contributed by atoms with Gasteiger partial charge < -0.3 is 20.7 Å². The van der Waals surface area contributed by atoms with E-state index in [9.17, 15) is 23.2 Å². The molecular weight excluding hydrogens is 630 g/mol. The number of aromatic nitrogens is 3. The molecule has 1 aliphatic heterocycles. The van der Waals surface area contributed by atoms with Crippen molar-refractivity contribution in [1.82, 2.24) is 30.7 Å². The van der Waals surface area contributed by atoms with Gasteiger partial charge >= 0.3 is 0 Å². The average molecular weight is 657 g/mol. The third-order valence-corrected chi connectivity index (χ3v) is 5.96. The van der Waals surface area contributed by atoms with Crippen molar-refractivity contribution in [3.05, 3.63) is 75.7 Å². The third kappa shape index (κ3) is 10.1. The number of ether oxygens (including phenoxy) is 1. The van der Waals surface area contributed by atoms with Crippen molar-refractivity contribution in [2.75, 3.05) is 44.7 Å². The molecule has 41 heavy (non-hydrogen) atoms. The van der Waals surface area contributed by atoms with E-state index in [1.165, 1.54) is 12.3 Å². The smallest absolute Gasteiger partial charge is 0.269 e. The molecule has 3 heterocycles. The van der Waals surface area contributed by atoms with Gasteiger partial charge in [0.25, 0.3) is 17.7 Å². The molecule has 1 aromatic carbocycles. The van der Waals surface area contributed by atoms with E-state index in [4.69, 9.17) is 16.3 Å². The highest BCUT2D eigenvalue weighted by atomic mass is 35.5. The van der Waals surface area contributed by atoms with Gasteiger partial charge in [0.2, 0.25) is 0 Å². The number of amides is 3. The SMILES string of the molecule is Cl.Cl.Cl.O=C(NCCN1CCOCC1)c1cc(CNC(=O)c2cc(NC(=O)c3cc(F)c(F)cc3Cl)n[nH]2)ccn1. The summed E-state index contributed by atoms with van der Waals surface area (Å²) in [7, 11) is 0. The van der Waals surface area contributed by atoms with E-state index in [-0.39, 0.29) is 77.5 Å². The van der Waals surface area contributed by atoms with E-state index < -0.39 is 23.4 Å². The molecule has 0 spiro atoms. The van der Waals surface area contributed by atoms with Gasteiger partial charge in [-0.3, -0.25) is 29.4 Å². The summed E-state index contributed by atoms with van der Waals surface area (Å²) >= 11 is 5.81. The number of rotatable bonds is 9. The van der Waals surface area contributed by atoms with Crippen LogP contribution in [0, 0.1) is 11.6 Å². The number of pyridine rings is 1. The Balaban J connectivity index is 0.00000280. The summed E-state index contributed by atoms with van der Waals surface area (Å²) in [5.74, 6) is -4.12. The maximum absolute atomic E-state index is 13.5. The molecule has 4 N–H and O–H groups in total. The van der Waals surface area contributed by atoms with Crippen molar-refractivity contribution >= 4 is 72.4 Å². The van der Waals surface area contributed by atoms with E-state index in [1.807, 2.05) is 0 Å². The monoisotopic (exact) mass is 655 g/mol. The van der Waals surface area contributed by atoms with Gasteiger partial charge in [-0.25, -0.2) is 8.78 Å². The number of nitrogens with one attached hydrogen (secondary N) is 4. The Labute approximate surface area is 257 Å². The molecule has 1 aliphatic rings. The van der Waals surface area contributed by atoms with E-state index >= 15 is 0 Å². The molecule has 3 aromatic rings. The van der Waals surface area contributed by atoms with Crippen LogP contribution in [-0.2, 0) is 11.3 Å². The quantitative estimate of drug-likeness (QED) is 0.259. The normalized spacial score (nSPS) is 12.7. The second-order valence-corrected chi connectivity index (χ2v) is 8.72. The molecular formula is C24H27Cl4F2N7O4. The lowest BCUT2D eigenvalue weighted by atomic mass is 10.2. The molecule has 11 nitrogen and oxygen atoms in total. The summed E-state index contributed by atoms with van der Waals surface area (Å²) in [5.41, 5.74) is 0.610. The van der Waals surface area contributed by atoms with E-state index in [2.05, 4.69) is 36.0 Å². The number of anilines is 1. The number of benzene rings is 1. The first-order valence-electron chi connectivity index (χ1n) is 11.6. The largest absolute Gasteiger partial charge is 0.379 e. The van der Waals surface area contributed by atoms with Crippen LogP contribution in [0.4, 0.5) is 14.6 Å². The summed E-state index contributed by atoms with van der Waals surface area (Å²) in [6.07, 6.45) is 1.48. The highest BCUT2D eigenvalue weighted by molar-refractivity contribution is 6.34. The molecule has 0 saturated carbocycles. The number of nitrogens with zero attached hydrogens (tertiary/aromatic N) is 3. The van der Waals surface area contributed by atoms with Crippen molar-refractivity contribution in [3.8, 4) is 0 Å². The van der Waals surface area contributed by atoms with Crippen LogP contribution in [0.5, 0.6) is 0 Å². The third-order valence-electron chi connectivity index (χ3n) is 5.65. The molecule has 4 rings (SSSR count). The number of morpholine rings is 1. The van der Waals surface area contributed by atoms with Gasteiger partial charge in [-0.15, -0.1) is 37.2 Å². The molecule has 0 radical (unpaired) electrons. The predicted molar refractivity (Wildman–Crippen MR) is 155 cm³/mol. The van der Waals surface area contributed by atoms with Crippen LogP contribution in [0.1, 0.15) is 36.9 Å². The van der Waals surface area contributed by atoms with Crippen LogP contribution in [0.3, 0.4) is 0 Å². The predicted octanol–water partition coefficient (Wildman–Crippen LogP) is 3.25. The van der Waals surface area contributed by atoms with Gasteiger partial charge in [-0.05, 0) is 29.8 Å². The van der Waals surface area contributed by atoms with E-state index in [0.29, 0.717) is 44.0 Å². The van der Waals surface area contributed by atoms with Crippen LogP contribution in [0.2, 0.25) is 5.02 Å². The van der Waals surface area contributed by atoms with Crippen LogP contribution in [-0.4, -0.2) is 77.2 Å². The zero-order valence-corrected chi connectivity index (χ0v) is 24.5. The zero-order chi connectivity index (χ0) is 27.1. The summed E-state index contributed by atoms with van der Waals surface area (Å²) in [6, 6.07) is 5.86. The van der Waals surface area contributed by atoms with Crippen LogP contribution < -0.4 is 16.0 Å². The van der Waals surface area contributed by atoms with Crippen molar-refractivity contribution in [2.45, 2.75) is 6.54 Å². The maximum atomic E-state index is 13.5. The molecule has 1 fully saturated rings. The number of hydrogen-bond acceptors (Lipinski definition) is 7. The number of halogens is 6. The first kappa shape index (κ1) is 36.0. The summed E-state index contributed by atoms with van der Waals surface area (Å²) < 4.78 is 32.0. The number of carbonyl (C=O) groups is 3. The minimum absolute atomic E-state index is 0. The van der Waals surface area contributed by atoms with Crippen molar-refractivity contribution in [3.63, 3.8) is 0 Å². The molecule has 0 unspecified atom stereocenters. The molecule has 3 amide bonds. The summed E-state index contributed by atoms with van der Waals surface area (Å²) in [4.78, 5) is 43.6. The number of aromatic amines is 1. The van der Waals surface area contributed by atoms with Crippen molar-refractivity contribution < 1.29 is 27.9 Å². The Morgan fingerprint density at radius 2 is 1.68 bits per heavy atom. The molecule has 0 aliphatic carbocycles. The average Bonchev–Trinajstić information content (AvgIpc) is 3.38. The summed E-state index contributed by atoms with van der Waals surface area (Å²) in [5, 5.41) is 13.9. The molecule has 17 heteroatoms. The van der Waals surface area contributed by atoms with Gasteiger partial charge in [0.1, 0.15) is 11.4 Å². The lowest BCUT2D eigenvalue weighted by molar-refractivity contribution is 0.0383. The second kappa shape index (κ2) is 17.0. The molecule has 1 saturated heterocycles. The Morgan fingerprint density at radius 1 is 0.976 bits per heavy atom. The van der Waals surface area contributed by atoms with Gasteiger partial charge in [0.15, 0.2) is 17.5 Å². The number of carbonyl (C=O) groups excluding carboxylic acids is 3. The first-order chi connectivity index (χ1) is 18.3. The second-order valence-electron chi connectivity index (χ2n) is 8.31. The fourth-order valence-electron chi connectivity index (χ4n) is 3.61. The fraction of sp³-hybridized carbons (Fsp3) is 0.292. The van der Waals surface area contributed by atoms with Crippen LogP contribution in [0.25, 0.3) is 0 Å². The van der Waals surface area contributed by atoms with Crippen molar-refractivity contribution in [2.24, 2.45) is 0 Å². The minimum atomic E-state index is -1.23. The minimum Gasteiger partial charge on any atom is -0.379 e. The standard InChI is InChI=1S/C24H24ClF2N7O4.3ClH/c25-16-11-18(27)17(26)10-15(16)22(35)31-21-12-20(32-33-21)24(37)30-13-14-1-2-28-19(9-14)23(36)29-3-4-34-5-7-38-8-6-34;;;/h1-2,9-12H,3-8,13H2,(H,29,36)(H,30,37)(H2,31,32,33,35);3*1H. The Bertz CT molecular complexity index is 1340. The Hall–Kier alpha value is -3.07. The van der Waals surface area contributed by atoms with Gasteiger partial charge in [0.05, 0.1) is 23.8 Å². The zero-order valence-electron chi connectivity index (χ0n) is 21.2. The fourth-order valence-corrected chi connectivity index (χ4v) is 3.85. The van der Waals surface area contributed by atoms with Crippen molar-refractivity contribution in [1.29, 1.82) is 0 Å². The van der Waals surface area contributed by atoms with Gasteiger partial charge in [-0.1, -0.05) is 11.6 Å². The van der Waals surface area contributed by atoms with Gasteiger partial charge in [0, 0.05) is 45.0 Å². The highest BCUT2D eigenvalue weighted by Gasteiger charge is 2.18. The highest BCUT2D eigenvalue weighted by Crippen LogP contribution is 2.21. The lowest BCUT2D eigenvalue weighted by Crippen LogP contribution is -2.41. The summed E-state index contributed by atoms with van der Waals surface area (Å²) in [6.45, 7) is 4.31. The Kier molecular flexibility index (Phi) is 14.9. The molecule has 224 valence electrons. The van der Waals surface area contributed by atoms with E-state index in [1.54, 1.807) is 12.1 Å². The first-order valence-corrected chi connectivity index (χ1v) is 12.0. The van der Waals surface area contributed by atoms with Crippen LogP contribution >= 0.6 is 48.8 Å². The molecule has 0 bridgehead atoms.